The largest absolute Gasteiger partial charge is 0.458 e. The fourth-order valence-corrected chi connectivity index (χ4v) is 2.98. The molecule has 0 saturated heterocycles. The SMILES string of the molecule is Cc1ccc(-c2nc3ccc(Cl)cc3n2Cc2cccc(F)c2)o1. The van der Waals surface area contributed by atoms with Gasteiger partial charge in [0.05, 0.1) is 11.0 Å². The van der Waals surface area contributed by atoms with Crippen molar-refractivity contribution in [1.29, 1.82) is 0 Å². The molecule has 24 heavy (non-hydrogen) atoms. The maximum absolute atomic E-state index is 13.5. The van der Waals surface area contributed by atoms with Crippen molar-refractivity contribution in [3.63, 3.8) is 0 Å². The van der Waals surface area contributed by atoms with E-state index in [9.17, 15) is 4.39 Å². The van der Waals surface area contributed by atoms with Crippen LogP contribution in [0.1, 0.15) is 11.3 Å². The number of aromatic nitrogens is 2. The van der Waals surface area contributed by atoms with E-state index in [1.807, 2.05) is 41.8 Å². The minimum Gasteiger partial charge on any atom is -0.458 e. The van der Waals surface area contributed by atoms with Gasteiger partial charge in [0.25, 0.3) is 0 Å². The summed E-state index contributed by atoms with van der Waals surface area (Å²) in [6.07, 6.45) is 0. The lowest BCUT2D eigenvalue weighted by molar-refractivity contribution is 0.540. The number of aryl methyl sites for hydroxylation is 1. The van der Waals surface area contributed by atoms with Crippen LogP contribution >= 0.6 is 11.6 Å². The van der Waals surface area contributed by atoms with Crippen LogP contribution in [0, 0.1) is 12.7 Å². The van der Waals surface area contributed by atoms with Gasteiger partial charge in [-0.3, -0.25) is 0 Å². The Morgan fingerprint density at radius 1 is 1.12 bits per heavy atom. The van der Waals surface area contributed by atoms with Gasteiger partial charge >= 0.3 is 0 Å². The molecule has 2 heterocycles. The van der Waals surface area contributed by atoms with Gasteiger partial charge in [-0.15, -0.1) is 0 Å². The van der Waals surface area contributed by atoms with Gasteiger partial charge in [-0.05, 0) is 55.0 Å². The van der Waals surface area contributed by atoms with Crippen LogP contribution in [0.5, 0.6) is 0 Å². The third-order valence-electron chi connectivity index (χ3n) is 3.90. The highest BCUT2D eigenvalue weighted by Crippen LogP contribution is 2.29. The summed E-state index contributed by atoms with van der Waals surface area (Å²) in [5, 5.41) is 0.630. The summed E-state index contributed by atoms with van der Waals surface area (Å²) in [6, 6.07) is 15.9. The summed E-state index contributed by atoms with van der Waals surface area (Å²) in [7, 11) is 0. The van der Waals surface area contributed by atoms with Gasteiger partial charge in [0.2, 0.25) is 0 Å². The fraction of sp³-hybridized carbons (Fsp3) is 0.105. The van der Waals surface area contributed by atoms with Gasteiger partial charge in [-0.25, -0.2) is 9.37 Å². The van der Waals surface area contributed by atoms with E-state index < -0.39 is 0 Å². The summed E-state index contributed by atoms with van der Waals surface area (Å²) < 4.78 is 21.3. The third-order valence-corrected chi connectivity index (χ3v) is 4.14. The van der Waals surface area contributed by atoms with E-state index in [1.165, 1.54) is 12.1 Å². The van der Waals surface area contributed by atoms with Crippen molar-refractivity contribution in [3.05, 3.63) is 76.8 Å². The molecule has 2 aromatic carbocycles. The van der Waals surface area contributed by atoms with E-state index in [4.69, 9.17) is 16.0 Å². The molecule has 0 aliphatic heterocycles. The fourth-order valence-electron chi connectivity index (χ4n) is 2.82. The average molecular weight is 341 g/mol. The van der Waals surface area contributed by atoms with Crippen LogP contribution in [0.3, 0.4) is 0 Å². The molecule has 0 fully saturated rings. The molecular weight excluding hydrogens is 327 g/mol. The highest BCUT2D eigenvalue weighted by Gasteiger charge is 2.16. The number of imidazole rings is 1. The van der Waals surface area contributed by atoms with Crippen molar-refractivity contribution >= 4 is 22.6 Å². The molecule has 0 saturated carbocycles. The van der Waals surface area contributed by atoms with Crippen molar-refractivity contribution in [1.82, 2.24) is 9.55 Å². The zero-order valence-corrected chi connectivity index (χ0v) is 13.7. The summed E-state index contributed by atoms with van der Waals surface area (Å²) in [5.41, 5.74) is 2.55. The molecule has 0 atom stereocenters. The lowest BCUT2D eigenvalue weighted by Gasteiger charge is -2.08. The molecular formula is C19H14ClFN2O. The first-order valence-corrected chi connectivity index (χ1v) is 7.95. The minimum atomic E-state index is -0.259. The second-order valence-electron chi connectivity index (χ2n) is 5.69. The van der Waals surface area contributed by atoms with Gasteiger partial charge in [0.1, 0.15) is 11.6 Å². The molecule has 120 valence electrons. The second kappa shape index (κ2) is 5.80. The van der Waals surface area contributed by atoms with Crippen molar-refractivity contribution < 1.29 is 8.81 Å². The molecule has 4 aromatic rings. The topological polar surface area (TPSA) is 31.0 Å². The maximum Gasteiger partial charge on any atom is 0.177 e. The van der Waals surface area contributed by atoms with E-state index in [0.717, 1.165) is 22.4 Å². The van der Waals surface area contributed by atoms with Crippen LogP contribution in [-0.2, 0) is 6.54 Å². The molecule has 4 rings (SSSR count). The number of halogens is 2. The molecule has 0 radical (unpaired) electrons. The molecule has 0 N–H and O–H groups in total. The Hall–Kier alpha value is -2.59. The number of furan rings is 1. The summed E-state index contributed by atoms with van der Waals surface area (Å²) in [6.45, 7) is 2.36. The van der Waals surface area contributed by atoms with Gasteiger partial charge < -0.3 is 8.98 Å². The van der Waals surface area contributed by atoms with Crippen LogP contribution in [-0.4, -0.2) is 9.55 Å². The predicted octanol–water partition coefficient (Wildman–Crippen LogP) is 5.45. The van der Waals surface area contributed by atoms with Gasteiger partial charge in [-0.2, -0.15) is 0 Å². The Morgan fingerprint density at radius 3 is 2.75 bits per heavy atom. The Morgan fingerprint density at radius 2 is 2.00 bits per heavy atom. The molecule has 0 aliphatic carbocycles. The summed E-state index contributed by atoms with van der Waals surface area (Å²) in [4.78, 5) is 4.67. The van der Waals surface area contributed by atoms with Crippen molar-refractivity contribution in [2.75, 3.05) is 0 Å². The Balaban J connectivity index is 1.91. The number of hydrogen-bond acceptors (Lipinski definition) is 2. The van der Waals surface area contributed by atoms with E-state index in [-0.39, 0.29) is 5.82 Å². The van der Waals surface area contributed by atoms with Crippen LogP contribution < -0.4 is 0 Å². The number of benzene rings is 2. The highest BCUT2D eigenvalue weighted by atomic mass is 35.5. The molecule has 0 bridgehead atoms. The molecule has 0 aliphatic rings. The minimum absolute atomic E-state index is 0.259. The Kier molecular flexibility index (Phi) is 3.62. The van der Waals surface area contributed by atoms with Gasteiger partial charge in [0, 0.05) is 11.6 Å². The van der Waals surface area contributed by atoms with Crippen molar-refractivity contribution in [2.45, 2.75) is 13.5 Å². The Labute approximate surface area is 143 Å². The lowest BCUT2D eigenvalue weighted by atomic mass is 10.2. The number of fused-ring (bicyclic) bond motifs is 1. The first-order chi connectivity index (χ1) is 11.6. The van der Waals surface area contributed by atoms with Gasteiger partial charge in [0.15, 0.2) is 11.6 Å². The Bertz CT molecular complexity index is 1030. The van der Waals surface area contributed by atoms with Crippen LogP contribution in [0.25, 0.3) is 22.6 Å². The molecule has 0 spiro atoms. The monoisotopic (exact) mass is 340 g/mol. The molecule has 3 nitrogen and oxygen atoms in total. The van der Waals surface area contributed by atoms with Gasteiger partial charge in [-0.1, -0.05) is 23.7 Å². The smallest absolute Gasteiger partial charge is 0.177 e. The molecule has 5 heteroatoms. The van der Waals surface area contributed by atoms with Crippen molar-refractivity contribution in [3.8, 4) is 11.6 Å². The van der Waals surface area contributed by atoms with E-state index >= 15 is 0 Å². The summed E-state index contributed by atoms with van der Waals surface area (Å²) in [5.74, 6) is 1.93. The van der Waals surface area contributed by atoms with E-state index in [1.54, 1.807) is 12.1 Å². The standard InChI is InChI=1S/C19H14ClFN2O/c1-12-5-8-18(24-12)19-22-16-7-6-14(20)10-17(16)23(19)11-13-3-2-4-15(21)9-13/h2-10H,11H2,1H3. The van der Waals surface area contributed by atoms with E-state index in [2.05, 4.69) is 4.98 Å². The van der Waals surface area contributed by atoms with Crippen LogP contribution in [0.2, 0.25) is 5.02 Å². The predicted molar refractivity (Wildman–Crippen MR) is 92.7 cm³/mol. The molecule has 2 aromatic heterocycles. The number of hydrogen-bond donors (Lipinski definition) is 0. The maximum atomic E-state index is 13.5. The molecule has 0 amide bonds. The first-order valence-electron chi connectivity index (χ1n) is 7.57. The van der Waals surface area contributed by atoms with Crippen LogP contribution in [0.4, 0.5) is 4.39 Å². The molecule has 0 unspecified atom stereocenters. The zero-order valence-electron chi connectivity index (χ0n) is 13.0. The number of nitrogens with zero attached hydrogens (tertiary/aromatic N) is 2. The van der Waals surface area contributed by atoms with Crippen LogP contribution in [0.15, 0.2) is 59.0 Å². The lowest BCUT2D eigenvalue weighted by Crippen LogP contribution is -2.02. The highest BCUT2D eigenvalue weighted by molar-refractivity contribution is 6.31. The van der Waals surface area contributed by atoms with Crippen molar-refractivity contribution in [2.24, 2.45) is 0 Å². The first kappa shape index (κ1) is 15.0. The quantitative estimate of drug-likeness (QED) is 0.497. The zero-order chi connectivity index (χ0) is 16.7. The number of rotatable bonds is 3. The normalized spacial score (nSPS) is 11.3. The van der Waals surface area contributed by atoms with E-state index in [0.29, 0.717) is 23.2 Å². The summed E-state index contributed by atoms with van der Waals surface area (Å²) >= 11 is 6.15. The average Bonchev–Trinajstić information content (AvgIpc) is 3.12. The second-order valence-corrected chi connectivity index (χ2v) is 6.13. The third kappa shape index (κ3) is 2.69.